The van der Waals surface area contributed by atoms with E-state index in [1.165, 1.54) is 5.56 Å². The summed E-state index contributed by atoms with van der Waals surface area (Å²) < 4.78 is 102. The van der Waals surface area contributed by atoms with Gasteiger partial charge in [-0.3, -0.25) is 18.0 Å². The fourth-order valence-corrected chi connectivity index (χ4v) is 3.96. The highest BCUT2D eigenvalue weighted by Gasteiger charge is 2.27. The third kappa shape index (κ3) is 102. The zero-order valence-electron chi connectivity index (χ0n) is 50.2. The molecule has 0 atom stereocenters. The standard InChI is InChI=1S/C12H26O4.2C7H16O3.C7H16O2.C5H10O.C4H6N2.C4H10O.C3H6O.C2H6.CH4.BF3.H2O/c1-6-13-11(14-7-2)10(5)12(15-8-3)16-9-4;2*1-4-8-7(9-5-2)10-6-3;1-4-7(8-5-2)9-6-3;1-3-5-6-4-2;1-4-2-5-6-3-4;1-3-5-4-2;1-2-3-4;1-2;;2-1(3)4;/h10-12H,6-9H2,1-5H3;2*7H,4-6H2,1-3H3;7H,4-6H2,1-3H3;3,5H,4H2,1-2H3;2-3H,1H3,(H,5,6);3-4H2,1-2H3;3H,2H2,1H3;1-2H3;1H4;;1H2/b;;;;5-3-;;;;;;;. The Morgan fingerprint density at radius 2 is 0.824 bits per heavy atom. The van der Waals surface area contributed by atoms with Crippen molar-refractivity contribution < 1.29 is 89.5 Å². The monoisotopic (exact) mass is 1090 g/mol. The molecule has 0 aliphatic carbocycles. The maximum Gasteiger partial charge on any atom is 0.762 e. The van der Waals surface area contributed by atoms with Gasteiger partial charge in [0.1, 0.15) is 6.29 Å². The quantitative estimate of drug-likeness (QED) is 0.0308. The van der Waals surface area contributed by atoms with Crippen LogP contribution in [-0.4, -0.2) is 160 Å². The molecule has 0 aromatic carbocycles. The lowest BCUT2D eigenvalue weighted by molar-refractivity contribution is -0.283. The first-order valence-corrected chi connectivity index (χ1v) is 26.1. The van der Waals surface area contributed by atoms with Gasteiger partial charge in [0.05, 0.1) is 25.0 Å². The molecule has 0 fully saturated rings. The fraction of sp³-hybridized carbons (Fsp3) is 0.885. The molecule has 0 saturated carbocycles. The second kappa shape index (κ2) is 96.4. The first-order valence-electron chi connectivity index (χ1n) is 26.1. The van der Waals surface area contributed by atoms with Crippen LogP contribution in [0.15, 0.2) is 24.7 Å². The Morgan fingerprint density at radius 1 is 0.541 bits per heavy atom. The van der Waals surface area contributed by atoms with Crippen LogP contribution in [0.3, 0.4) is 0 Å². The molecule has 3 N–H and O–H groups in total. The maximum atomic E-state index is 9.67. The lowest BCUT2D eigenvalue weighted by Crippen LogP contribution is -2.37. The normalized spacial score (nSPS) is 9.66. The first kappa shape index (κ1) is 97.3. The average Bonchev–Trinajstić information content (AvgIpc) is 3.86. The predicted octanol–water partition coefficient (Wildman–Crippen LogP) is 12.6. The van der Waals surface area contributed by atoms with Crippen molar-refractivity contribution >= 4 is 13.8 Å². The number of aryl methyl sites for hydroxylation is 1. The van der Waals surface area contributed by atoms with Gasteiger partial charge >= 0.3 is 7.54 Å². The van der Waals surface area contributed by atoms with E-state index in [1.54, 1.807) is 12.5 Å². The molecule has 0 amide bonds. The van der Waals surface area contributed by atoms with Crippen LogP contribution in [-0.2, 0) is 71.1 Å². The molecular formula is C52H118BF3N2O16. The number of carbonyl (C=O) groups is 1. The number of H-pyrrole nitrogens is 1. The van der Waals surface area contributed by atoms with Crippen molar-refractivity contribution in [3.63, 3.8) is 0 Å². The minimum Gasteiger partial charge on any atom is -0.502 e. The van der Waals surface area contributed by atoms with Crippen molar-refractivity contribution in [2.75, 3.05) is 99.1 Å². The molecule has 1 aromatic heterocycles. The SMILES string of the molecule is C.C/C=C\OCC.CC.CCC=O.CCOC(CC)OCC.CCOC(OCC)C(C)C(OCC)OCC.CCOC(OCC)OCC.CCOC(OCC)OCC.CCOCC.Cc1cn[nH]c1.FB(F)F.O. The molecule has 0 aliphatic rings. The number of nitrogens with zero attached hydrogens (tertiary/aromatic N) is 1. The van der Waals surface area contributed by atoms with Crippen LogP contribution >= 0.6 is 0 Å². The van der Waals surface area contributed by atoms with E-state index in [-0.39, 0.29) is 37.7 Å². The van der Waals surface area contributed by atoms with E-state index < -0.39 is 20.5 Å². The molecule has 0 unspecified atom stereocenters. The summed E-state index contributed by atoms with van der Waals surface area (Å²) in [6.07, 6.45) is 9.10. The zero-order chi connectivity index (χ0) is 57.5. The summed E-state index contributed by atoms with van der Waals surface area (Å²) in [6.45, 7) is 52.1. The third-order valence-electron chi connectivity index (χ3n) is 6.65. The van der Waals surface area contributed by atoms with E-state index in [4.69, 9.17) is 66.3 Å². The van der Waals surface area contributed by atoms with Gasteiger partial charge in [-0.05, 0) is 130 Å². The van der Waals surface area contributed by atoms with E-state index >= 15 is 0 Å². The van der Waals surface area contributed by atoms with Crippen molar-refractivity contribution in [2.45, 2.75) is 204 Å². The molecule has 0 spiro atoms. The number of halogens is 3. The first-order chi connectivity index (χ1) is 34.6. The summed E-state index contributed by atoms with van der Waals surface area (Å²) in [5, 5.41) is 6.38. The van der Waals surface area contributed by atoms with Crippen LogP contribution in [0.2, 0.25) is 0 Å². The van der Waals surface area contributed by atoms with Crippen molar-refractivity contribution in [1.82, 2.24) is 10.2 Å². The van der Waals surface area contributed by atoms with Gasteiger partial charge in [0, 0.05) is 105 Å². The van der Waals surface area contributed by atoms with Gasteiger partial charge in [0.25, 0.3) is 13.0 Å². The summed E-state index contributed by atoms with van der Waals surface area (Å²) in [7, 11) is -3.67. The highest BCUT2D eigenvalue weighted by molar-refractivity contribution is 6.33. The molecule has 1 aromatic rings. The minimum absolute atomic E-state index is 0. The van der Waals surface area contributed by atoms with Crippen molar-refractivity contribution in [3.8, 4) is 0 Å². The third-order valence-corrected chi connectivity index (χ3v) is 6.65. The Morgan fingerprint density at radius 3 is 0.946 bits per heavy atom. The number of aldehydes is 1. The van der Waals surface area contributed by atoms with E-state index in [0.29, 0.717) is 72.5 Å². The van der Waals surface area contributed by atoms with Crippen LogP contribution in [0.4, 0.5) is 12.9 Å². The van der Waals surface area contributed by atoms with E-state index in [2.05, 4.69) is 17.1 Å². The molecule has 0 aliphatic heterocycles. The summed E-state index contributed by atoms with van der Waals surface area (Å²) in [5.74, 6) is 0.0554. The summed E-state index contributed by atoms with van der Waals surface area (Å²) in [6, 6.07) is 0. The van der Waals surface area contributed by atoms with Gasteiger partial charge in [-0.25, -0.2) is 0 Å². The lowest BCUT2D eigenvalue weighted by Gasteiger charge is -2.29. The zero-order valence-corrected chi connectivity index (χ0v) is 50.2. The molecule has 74 heavy (non-hydrogen) atoms. The van der Waals surface area contributed by atoms with E-state index in [9.17, 15) is 17.7 Å². The van der Waals surface area contributed by atoms with Crippen LogP contribution < -0.4 is 0 Å². The second-order valence-corrected chi connectivity index (χ2v) is 12.3. The number of allylic oxidation sites excluding steroid dienone is 1. The van der Waals surface area contributed by atoms with E-state index in [0.717, 1.165) is 45.7 Å². The number of nitrogens with one attached hydrogen (secondary N) is 1. The van der Waals surface area contributed by atoms with Gasteiger partial charge in [-0.1, -0.05) is 48.1 Å². The Bertz CT molecular complexity index is 925. The van der Waals surface area contributed by atoms with E-state index in [1.807, 2.05) is 158 Å². The summed E-state index contributed by atoms with van der Waals surface area (Å²) in [4.78, 5) is 9.17. The molecule has 0 bridgehead atoms. The molecule has 1 rings (SSSR count). The highest BCUT2D eigenvalue weighted by atomic mass is 19.4. The molecule has 456 valence electrons. The number of ether oxygens (including phenoxy) is 14. The van der Waals surface area contributed by atoms with Crippen molar-refractivity contribution in [3.05, 3.63) is 30.3 Å². The summed E-state index contributed by atoms with van der Waals surface area (Å²) >= 11 is 0. The molecule has 18 nitrogen and oxygen atoms in total. The second-order valence-electron chi connectivity index (χ2n) is 12.3. The van der Waals surface area contributed by atoms with Crippen molar-refractivity contribution in [2.24, 2.45) is 5.92 Å². The molecular weight excluding hydrogens is 976 g/mol. The molecule has 0 radical (unpaired) electrons. The number of aromatic amines is 1. The number of carbonyl (C=O) groups excluding carboxylic acids is 1. The molecule has 0 saturated heterocycles. The Labute approximate surface area is 452 Å². The van der Waals surface area contributed by atoms with Crippen LogP contribution in [0.1, 0.15) is 171 Å². The number of hydrogen-bond donors (Lipinski definition) is 1. The Hall–Kier alpha value is -2.29. The Balaban J connectivity index is -0.0000000688. The van der Waals surface area contributed by atoms with Gasteiger partial charge in [0.15, 0.2) is 18.9 Å². The minimum atomic E-state index is -3.67. The summed E-state index contributed by atoms with van der Waals surface area (Å²) in [5.41, 5.74) is 1.18. The van der Waals surface area contributed by atoms with Crippen LogP contribution in [0.25, 0.3) is 0 Å². The maximum absolute atomic E-state index is 9.67. The van der Waals surface area contributed by atoms with Gasteiger partial charge in [-0.2, -0.15) is 5.10 Å². The smallest absolute Gasteiger partial charge is 0.502 e. The average molecular weight is 1100 g/mol. The van der Waals surface area contributed by atoms with Crippen LogP contribution in [0, 0.1) is 12.8 Å². The van der Waals surface area contributed by atoms with Gasteiger partial charge in [-0.15, -0.1) is 0 Å². The van der Waals surface area contributed by atoms with Crippen LogP contribution in [0.5, 0.6) is 0 Å². The number of hydrogen-bond acceptors (Lipinski definition) is 16. The lowest BCUT2D eigenvalue weighted by atomic mass is 10.1. The molecule has 1 heterocycles. The fourth-order valence-electron chi connectivity index (χ4n) is 3.96. The highest BCUT2D eigenvalue weighted by Crippen LogP contribution is 2.18. The number of rotatable bonds is 32. The predicted molar refractivity (Wildman–Crippen MR) is 297 cm³/mol. The molecule has 22 heteroatoms. The van der Waals surface area contributed by atoms with Crippen molar-refractivity contribution in [1.29, 1.82) is 0 Å². The van der Waals surface area contributed by atoms with Gasteiger partial charge in [0.2, 0.25) is 0 Å². The topological polar surface area (TPSA) is 206 Å². The number of aromatic nitrogens is 2. The Kier molecular flexibility index (Phi) is 127. The largest absolute Gasteiger partial charge is 0.762 e. The van der Waals surface area contributed by atoms with Gasteiger partial charge < -0.3 is 76.6 Å².